The molecule has 0 aliphatic rings. The van der Waals surface area contributed by atoms with Gasteiger partial charge in [0.15, 0.2) is 0 Å². The summed E-state index contributed by atoms with van der Waals surface area (Å²) in [6.45, 7) is 8.54. The summed E-state index contributed by atoms with van der Waals surface area (Å²) >= 11 is 0. The quantitative estimate of drug-likeness (QED) is 0.447. The molecule has 6 nitrogen and oxygen atoms in total. The van der Waals surface area contributed by atoms with Gasteiger partial charge in [-0.05, 0) is 37.3 Å². The van der Waals surface area contributed by atoms with E-state index in [0.717, 1.165) is 19.5 Å². The molecule has 96 valence electrons. The van der Waals surface area contributed by atoms with Crippen LogP contribution in [0.4, 0.5) is 5.82 Å². The van der Waals surface area contributed by atoms with Crippen LogP contribution in [0.1, 0.15) is 25.8 Å². The minimum Gasteiger partial charge on any atom is -0.358 e. The molecule has 0 spiro atoms. The van der Waals surface area contributed by atoms with Crippen molar-refractivity contribution in [2.75, 3.05) is 13.1 Å². The van der Waals surface area contributed by atoms with Gasteiger partial charge in [-0.15, -0.1) is 0 Å². The first-order valence-electron chi connectivity index (χ1n) is 5.93. The van der Waals surface area contributed by atoms with Crippen molar-refractivity contribution in [1.82, 2.24) is 15.1 Å². The third-order valence-corrected chi connectivity index (χ3v) is 2.51. The maximum Gasteiger partial charge on any atom is 0.392 e. The molecular weight excluding hydrogens is 220 g/mol. The molecule has 1 N–H and O–H groups in total. The monoisotopic (exact) mass is 240 g/mol. The Hall–Kier alpha value is -1.43. The van der Waals surface area contributed by atoms with Crippen LogP contribution in [0.2, 0.25) is 0 Å². The molecule has 0 radical (unpaired) electrons. The molecule has 1 atom stereocenters. The van der Waals surface area contributed by atoms with Crippen molar-refractivity contribution >= 4 is 5.82 Å². The lowest BCUT2D eigenvalue weighted by Crippen LogP contribution is -2.24. The second kappa shape index (κ2) is 6.34. The van der Waals surface area contributed by atoms with E-state index in [0.29, 0.717) is 18.0 Å². The van der Waals surface area contributed by atoms with E-state index in [1.54, 1.807) is 17.8 Å². The molecule has 1 heterocycles. The van der Waals surface area contributed by atoms with Crippen molar-refractivity contribution < 1.29 is 4.92 Å². The molecule has 1 unspecified atom stereocenters. The molecule has 0 bridgehead atoms. The highest BCUT2D eigenvalue weighted by atomic mass is 16.6. The Bertz CT molecular complexity index is 376. The Morgan fingerprint density at radius 1 is 1.65 bits per heavy atom. The van der Waals surface area contributed by atoms with Crippen molar-refractivity contribution in [3.8, 4) is 0 Å². The molecule has 0 aromatic carbocycles. The van der Waals surface area contributed by atoms with Gasteiger partial charge in [0.2, 0.25) is 0 Å². The third-order valence-electron chi connectivity index (χ3n) is 2.51. The molecule has 17 heavy (non-hydrogen) atoms. The van der Waals surface area contributed by atoms with E-state index < -0.39 is 4.92 Å². The average molecular weight is 240 g/mol. The van der Waals surface area contributed by atoms with Gasteiger partial charge < -0.3 is 15.4 Å². The van der Waals surface area contributed by atoms with Gasteiger partial charge in [0, 0.05) is 0 Å². The molecule has 1 aromatic rings. The van der Waals surface area contributed by atoms with Crippen molar-refractivity contribution in [2.24, 2.45) is 5.92 Å². The average Bonchev–Trinajstić information content (AvgIpc) is 2.60. The normalized spacial score (nSPS) is 12.6. The van der Waals surface area contributed by atoms with Crippen LogP contribution in [-0.4, -0.2) is 27.8 Å². The van der Waals surface area contributed by atoms with Crippen LogP contribution in [0.15, 0.2) is 6.20 Å². The van der Waals surface area contributed by atoms with Crippen LogP contribution in [0.25, 0.3) is 0 Å². The number of nitro groups is 1. The van der Waals surface area contributed by atoms with Gasteiger partial charge in [-0.1, -0.05) is 13.8 Å². The van der Waals surface area contributed by atoms with E-state index in [1.165, 1.54) is 0 Å². The Morgan fingerprint density at radius 3 is 2.88 bits per heavy atom. The first-order valence-corrected chi connectivity index (χ1v) is 5.93. The molecule has 0 aliphatic heterocycles. The smallest absolute Gasteiger partial charge is 0.358 e. The summed E-state index contributed by atoms with van der Waals surface area (Å²) < 4.78 is 1.66. The Balaban J connectivity index is 2.51. The van der Waals surface area contributed by atoms with Crippen LogP contribution in [0.3, 0.4) is 0 Å². The highest BCUT2D eigenvalue weighted by Gasteiger charge is 2.17. The van der Waals surface area contributed by atoms with E-state index in [4.69, 9.17) is 0 Å². The lowest BCUT2D eigenvalue weighted by molar-refractivity contribution is -0.390. The molecule has 1 aromatic heterocycles. The number of nitrogens with one attached hydrogen (secondary N) is 1. The molecule has 0 amide bonds. The summed E-state index contributed by atoms with van der Waals surface area (Å²) in [7, 11) is 0. The fourth-order valence-corrected chi connectivity index (χ4v) is 1.69. The van der Waals surface area contributed by atoms with Crippen molar-refractivity contribution in [3.05, 3.63) is 21.9 Å². The van der Waals surface area contributed by atoms with Crippen molar-refractivity contribution in [1.29, 1.82) is 0 Å². The van der Waals surface area contributed by atoms with Crippen molar-refractivity contribution in [2.45, 2.75) is 33.7 Å². The van der Waals surface area contributed by atoms with Gasteiger partial charge in [0.1, 0.15) is 0 Å². The summed E-state index contributed by atoms with van der Waals surface area (Å²) in [5.41, 5.74) is 0.615. The fourth-order valence-electron chi connectivity index (χ4n) is 1.69. The maximum atomic E-state index is 10.6. The number of aryl methyl sites for hydroxylation is 1. The SMILES string of the molecule is CCCNCC(C)Cn1cc(C)c([N+](=O)[O-])n1. The summed E-state index contributed by atoms with van der Waals surface area (Å²) in [5, 5.41) is 17.9. The number of rotatable bonds is 7. The maximum absolute atomic E-state index is 10.6. The molecule has 6 heteroatoms. The van der Waals surface area contributed by atoms with Gasteiger partial charge in [-0.3, -0.25) is 0 Å². The zero-order valence-electron chi connectivity index (χ0n) is 10.6. The summed E-state index contributed by atoms with van der Waals surface area (Å²) in [6.07, 6.45) is 2.84. The van der Waals surface area contributed by atoms with E-state index in [1.807, 2.05) is 0 Å². The van der Waals surface area contributed by atoms with E-state index in [-0.39, 0.29) is 5.82 Å². The molecule has 0 fully saturated rings. The number of hydrogen-bond donors (Lipinski definition) is 1. The largest absolute Gasteiger partial charge is 0.392 e. The van der Waals surface area contributed by atoms with Gasteiger partial charge in [0.05, 0.1) is 23.4 Å². The third kappa shape index (κ3) is 4.14. The van der Waals surface area contributed by atoms with Crippen LogP contribution in [0, 0.1) is 23.0 Å². The molecule has 0 saturated carbocycles. The molecule has 0 aliphatic carbocycles. The summed E-state index contributed by atoms with van der Waals surface area (Å²) in [5.74, 6) is 0.360. The van der Waals surface area contributed by atoms with Crippen LogP contribution >= 0.6 is 0 Å². The highest BCUT2D eigenvalue weighted by molar-refractivity contribution is 5.27. The molecule has 1 rings (SSSR count). The van der Waals surface area contributed by atoms with Crippen LogP contribution in [-0.2, 0) is 6.54 Å². The van der Waals surface area contributed by atoms with Gasteiger partial charge in [0.25, 0.3) is 0 Å². The lowest BCUT2D eigenvalue weighted by atomic mass is 10.2. The van der Waals surface area contributed by atoms with Crippen LogP contribution in [0.5, 0.6) is 0 Å². The summed E-state index contributed by atoms with van der Waals surface area (Å²) in [4.78, 5) is 10.2. The second-order valence-electron chi connectivity index (χ2n) is 4.42. The fraction of sp³-hybridized carbons (Fsp3) is 0.727. The van der Waals surface area contributed by atoms with Gasteiger partial charge >= 0.3 is 5.82 Å². The number of nitrogens with zero attached hydrogens (tertiary/aromatic N) is 3. The Kier molecular flexibility index (Phi) is 5.09. The van der Waals surface area contributed by atoms with Crippen molar-refractivity contribution in [3.63, 3.8) is 0 Å². The second-order valence-corrected chi connectivity index (χ2v) is 4.42. The Morgan fingerprint density at radius 2 is 2.35 bits per heavy atom. The standard InChI is InChI=1S/C11H20N4O2/c1-4-5-12-6-9(2)7-14-8-10(3)11(13-14)15(16)17/h8-9,12H,4-7H2,1-3H3. The van der Waals surface area contributed by atoms with E-state index >= 15 is 0 Å². The predicted molar refractivity (Wildman–Crippen MR) is 65.9 cm³/mol. The summed E-state index contributed by atoms with van der Waals surface area (Å²) in [6, 6.07) is 0. The number of hydrogen-bond acceptors (Lipinski definition) is 4. The topological polar surface area (TPSA) is 73.0 Å². The minimum absolute atomic E-state index is 0.0429. The zero-order valence-corrected chi connectivity index (χ0v) is 10.6. The highest BCUT2D eigenvalue weighted by Crippen LogP contribution is 2.14. The van der Waals surface area contributed by atoms with E-state index in [9.17, 15) is 10.1 Å². The van der Waals surface area contributed by atoms with Crippen LogP contribution < -0.4 is 5.32 Å². The lowest BCUT2D eigenvalue weighted by Gasteiger charge is -2.10. The van der Waals surface area contributed by atoms with Gasteiger partial charge in [-0.2, -0.15) is 4.68 Å². The minimum atomic E-state index is -0.439. The van der Waals surface area contributed by atoms with Gasteiger partial charge in [-0.25, -0.2) is 0 Å². The Labute approximate surface area is 101 Å². The molecular formula is C11H20N4O2. The zero-order chi connectivity index (χ0) is 12.8. The predicted octanol–water partition coefficient (Wildman–Crippen LogP) is 1.74. The first kappa shape index (κ1) is 13.6. The van der Waals surface area contributed by atoms with E-state index in [2.05, 4.69) is 24.3 Å². The first-order chi connectivity index (χ1) is 8.04. The number of aromatic nitrogens is 2. The molecule has 0 saturated heterocycles.